The quantitative estimate of drug-likeness (QED) is 0.831. The van der Waals surface area contributed by atoms with Crippen molar-refractivity contribution in [1.29, 1.82) is 0 Å². The third kappa shape index (κ3) is 3.89. The van der Waals surface area contributed by atoms with E-state index in [0.29, 0.717) is 16.7 Å². The number of hydrogen-bond acceptors (Lipinski definition) is 3. The molecule has 0 aliphatic heterocycles. The Morgan fingerprint density at radius 1 is 1.32 bits per heavy atom. The minimum atomic E-state index is -2.69. The van der Waals surface area contributed by atoms with Crippen molar-refractivity contribution in [2.24, 2.45) is 7.05 Å². The summed E-state index contributed by atoms with van der Waals surface area (Å²) in [5.74, 6) is -2.73. The van der Waals surface area contributed by atoms with Crippen LogP contribution in [0.5, 0.6) is 0 Å². The summed E-state index contributed by atoms with van der Waals surface area (Å²) < 4.78 is 43.3. The van der Waals surface area contributed by atoms with E-state index >= 15 is 0 Å². The monoisotopic (exact) mass is 411 g/mol. The van der Waals surface area contributed by atoms with Crippen LogP contribution in [0.4, 0.5) is 8.78 Å². The van der Waals surface area contributed by atoms with Gasteiger partial charge in [0, 0.05) is 31.8 Å². The van der Waals surface area contributed by atoms with Crippen molar-refractivity contribution in [3.63, 3.8) is 0 Å². The van der Waals surface area contributed by atoms with Crippen LogP contribution in [-0.2, 0) is 18.0 Å². The van der Waals surface area contributed by atoms with Gasteiger partial charge >= 0.3 is 0 Å². The van der Waals surface area contributed by atoms with E-state index in [1.165, 1.54) is 4.57 Å². The molecule has 2 aromatic rings. The van der Waals surface area contributed by atoms with Crippen LogP contribution in [0.25, 0.3) is 10.9 Å². The Kier molecular flexibility index (Phi) is 5.25. The summed E-state index contributed by atoms with van der Waals surface area (Å²) in [6.07, 6.45) is -0.580. The molecule has 3 rings (SSSR count). The van der Waals surface area contributed by atoms with Crippen molar-refractivity contribution in [1.82, 2.24) is 14.3 Å². The normalized spacial score (nSPS) is 19.4. The number of benzene rings is 1. The lowest BCUT2D eigenvalue weighted by Crippen LogP contribution is -2.38. The molecule has 0 saturated heterocycles. The second kappa shape index (κ2) is 6.99. The van der Waals surface area contributed by atoms with Crippen LogP contribution in [0.3, 0.4) is 0 Å². The predicted molar refractivity (Wildman–Crippen MR) is 108 cm³/mol. The molecular weight excluding hydrogens is 384 g/mol. The topological polar surface area (TPSA) is 64.0 Å². The Bertz CT molecular complexity index is 1000. The second-order valence-corrected chi connectivity index (χ2v) is 10.8. The summed E-state index contributed by atoms with van der Waals surface area (Å²) in [5.41, 5.74) is 1.88. The molecule has 1 fully saturated rings. The third-order valence-electron chi connectivity index (χ3n) is 5.15. The molecule has 1 heterocycles. The van der Waals surface area contributed by atoms with E-state index in [0.717, 1.165) is 11.1 Å². The summed E-state index contributed by atoms with van der Waals surface area (Å²) >= 11 is 0. The Labute approximate surface area is 166 Å². The summed E-state index contributed by atoms with van der Waals surface area (Å²) in [5, 5.41) is 0.447. The van der Waals surface area contributed by atoms with Gasteiger partial charge in [0.2, 0.25) is 5.92 Å². The maximum absolute atomic E-state index is 13.4. The number of aromatic nitrogens is 2. The summed E-state index contributed by atoms with van der Waals surface area (Å²) in [4.78, 5) is 17.6. The van der Waals surface area contributed by atoms with Crippen LogP contribution in [0.15, 0.2) is 16.9 Å². The Morgan fingerprint density at radius 3 is 2.46 bits per heavy atom. The number of rotatable bonds is 4. The van der Waals surface area contributed by atoms with Crippen LogP contribution in [0.2, 0.25) is 0 Å². The lowest BCUT2D eigenvalue weighted by molar-refractivity contribution is -0.0891. The Balaban J connectivity index is 2.11. The highest BCUT2D eigenvalue weighted by Crippen LogP contribution is 2.47. The minimum Gasteiger partial charge on any atom is -0.299 e. The van der Waals surface area contributed by atoms with Gasteiger partial charge in [-0.25, -0.2) is 22.7 Å². The van der Waals surface area contributed by atoms with Gasteiger partial charge in [-0.05, 0) is 51.8 Å². The first kappa shape index (κ1) is 21.0. The molecule has 0 radical (unpaired) electrons. The van der Waals surface area contributed by atoms with Gasteiger partial charge in [-0.3, -0.25) is 9.36 Å². The lowest BCUT2D eigenvalue weighted by atomic mass is 9.80. The fourth-order valence-electron chi connectivity index (χ4n) is 3.51. The van der Waals surface area contributed by atoms with E-state index in [1.807, 2.05) is 40.7 Å². The van der Waals surface area contributed by atoms with Gasteiger partial charge in [0.1, 0.15) is 5.82 Å². The van der Waals surface area contributed by atoms with Gasteiger partial charge < -0.3 is 0 Å². The van der Waals surface area contributed by atoms with Crippen molar-refractivity contribution in [2.75, 3.05) is 0 Å². The van der Waals surface area contributed by atoms with Crippen molar-refractivity contribution in [3.05, 3.63) is 39.4 Å². The van der Waals surface area contributed by atoms with Crippen LogP contribution >= 0.6 is 0 Å². The molecule has 2 atom stereocenters. The fraction of sp³-hybridized carbons (Fsp3) is 0.600. The van der Waals surface area contributed by atoms with Gasteiger partial charge in [0.05, 0.1) is 26.6 Å². The molecule has 0 bridgehead atoms. The third-order valence-corrected chi connectivity index (χ3v) is 6.83. The molecule has 0 amide bonds. The molecule has 154 valence electrons. The van der Waals surface area contributed by atoms with E-state index in [1.54, 1.807) is 13.1 Å². The zero-order valence-electron chi connectivity index (χ0n) is 17.1. The molecule has 5 nitrogen and oxygen atoms in total. The Hall–Kier alpha value is -1.67. The van der Waals surface area contributed by atoms with Crippen molar-refractivity contribution >= 4 is 21.9 Å². The molecule has 1 aliphatic carbocycles. The molecule has 1 unspecified atom stereocenters. The number of nitrogens with zero attached hydrogens (tertiary/aromatic N) is 2. The summed E-state index contributed by atoms with van der Waals surface area (Å²) in [6, 6.07) is 3.35. The predicted octanol–water partition coefficient (Wildman–Crippen LogP) is 3.87. The SMILES string of the molecule is Cc1cc([C@@H](C)NS(=O)C(C)(C)C)c2nc(C3CC(F)(F)C3)n(C)c(=O)c2c1. The molecule has 1 aromatic heterocycles. The first-order valence-electron chi connectivity index (χ1n) is 9.37. The summed E-state index contributed by atoms with van der Waals surface area (Å²) in [7, 11) is 0.280. The number of alkyl halides is 2. The van der Waals surface area contributed by atoms with Gasteiger partial charge in [-0.2, -0.15) is 0 Å². The zero-order valence-corrected chi connectivity index (χ0v) is 17.9. The van der Waals surface area contributed by atoms with Gasteiger partial charge in [0.15, 0.2) is 0 Å². The molecule has 1 N–H and O–H groups in total. The van der Waals surface area contributed by atoms with Crippen molar-refractivity contribution in [3.8, 4) is 0 Å². The van der Waals surface area contributed by atoms with Crippen LogP contribution in [0.1, 0.15) is 69.4 Å². The van der Waals surface area contributed by atoms with E-state index in [2.05, 4.69) is 9.71 Å². The van der Waals surface area contributed by atoms with E-state index in [4.69, 9.17) is 0 Å². The average molecular weight is 412 g/mol. The van der Waals surface area contributed by atoms with Gasteiger partial charge in [-0.1, -0.05) is 6.07 Å². The first-order valence-corrected chi connectivity index (χ1v) is 10.5. The van der Waals surface area contributed by atoms with Crippen molar-refractivity contribution < 1.29 is 13.0 Å². The van der Waals surface area contributed by atoms with Crippen LogP contribution in [0, 0.1) is 6.92 Å². The first-order chi connectivity index (χ1) is 12.8. The van der Waals surface area contributed by atoms with Crippen LogP contribution < -0.4 is 10.3 Å². The Morgan fingerprint density at radius 2 is 1.93 bits per heavy atom. The average Bonchev–Trinajstić information content (AvgIpc) is 2.54. The van der Waals surface area contributed by atoms with E-state index in [-0.39, 0.29) is 24.4 Å². The fourth-order valence-corrected chi connectivity index (χ4v) is 4.31. The highest BCUT2D eigenvalue weighted by atomic mass is 32.2. The molecule has 0 spiro atoms. The molecular formula is C20H27F2N3O2S. The second-order valence-electron chi connectivity index (χ2n) is 8.77. The number of fused-ring (bicyclic) bond motifs is 1. The summed E-state index contributed by atoms with van der Waals surface area (Å²) in [6.45, 7) is 9.38. The number of aryl methyl sites for hydroxylation is 1. The van der Waals surface area contributed by atoms with Crippen molar-refractivity contribution in [2.45, 2.75) is 70.1 Å². The maximum Gasteiger partial charge on any atom is 0.261 e. The van der Waals surface area contributed by atoms with Gasteiger partial charge in [-0.15, -0.1) is 0 Å². The van der Waals surface area contributed by atoms with Gasteiger partial charge in [0.25, 0.3) is 5.56 Å². The number of nitrogens with one attached hydrogen (secondary N) is 1. The highest BCUT2D eigenvalue weighted by molar-refractivity contribution is 7.84. The smallest absolute Gasteiger partial charge is 0.261 e. The number of hydrogen-bond donors (Lipinski definition) is 1. The zero-order chi connectivity index (χ0) is 21.0. The molecule has 1 aromatic carbocycles. The lowest BCUT2D eigenvalue weighted by Gasteiger charge is -2.35. The maximum atomic E-state index is 13.4. The molecule has 28 heavy (non-hydrogen) atoms. The highest BCUT2D eigenvalue weighted by Gasteiger charge is 2.47. The minimum absolute atomic E-state index is 0.246. The van der Waals surface area contributed by atoms with E-state index in [9.17, 15) is 17.8 Å². The van der Waals surface area contributed by atoms with E-state index < -0.39 is 27.6 Å². The largest absolute Gasteiger partial charge is 0.299 e. The molecule has 1 aliphatic rings. The standard InChI is InChI=1S/C20H27F2N3O2S/c1-11-7-14(12(2)24-28(27)19(3,4)5)16-15(8-11)18(26)25(6)17(23-16)13-9-20(21,22)10-13/h7-8,12-13,24H,9-10H2,1-6H3/t12-,28?/m1/s1. The number of halogens is 2. The molecule has 1 saturated carbocycles. The van der Waals surface area contributed by atoms with Crippen LogP contribution in [-0.4, -0.2) is 24.4 Å². The molecule has 8 heteroatoms.